The Morgan fingerprint density at radius 1 is 0.750 bits per heavy atom. The van der Waals surface area contributed by atoms with Crippen LogP contribution in [-0.4, -0.2) is 110 Å². The molecule has 4 N–H and O–H groups in total. The van der Waals surface area contributed by atoms with Gasteiger partial charge in [-0.15, -0.1) is 0 Å². The van der Waals surface area contributed by atoms with Crippen LogP contribution in [0.2, 0.25) is 0 Å². The molecular formula is C14H28O9S. The maximum Gasteiger partial charge on any atom is 0.186 e. The fourth-order valence-electron chi connectivity index (χ4n) is 2.03. The van der Waals surface area contributed by atoms with Crippen LogP contribution in [0.4, 0.5) is 0 Å². The molecular weight excluding hydrogens is 344 g/mol. The second-order valence-electron chi connectivity index (χ2n) is 5.13. The van der Waals surface area contributed by atoms with E-state index < -0.39 is 37.3 Å². The Kier molecular flexibility index (Phi) is 12.1. The molecule has 9 nitrogen and oxygen atoms in total. The van der Waals surface area contributed by atoms with Crippen LogP contribution in [0.15, 0.2) is 0 Å². The summed E-state index contributed by atoms with van der Waals surface area (Å²) in [5.74, 6) is 0.678. The molecule has 0 radical (unpaired) electrons. The zero-order chi connectivity index (χ0) is 17.8. The van der Waals surface area contributed by atoms with Gasteiger partial charge in [0, 0.05) is 5.75 Å². The highest BCUT2D eigenvalue weighted by atomic mass is 32.1. The van der Waals surface area contributed by atoms with E-state index in [1.165, 1.54) is 0 Å². The highest BCUT2D eigenvalue weighted by molar-refractivity contribution is 7.80. The average Bonchev–Trinajstić information content (AvgIpc) is 2.59. The Bertz CT molecular complexity index is 308. The van der Waals surface area contributed by atoms with Crippen LogP contribution in [0.5, 0.6) is 0 Å². The highest BCUT2D eigenvalue weighted by Gasteiger charge is 2.43. The first-order valence-corrected chi connectivity index (χ1v) is 8.51. The molecule has 0 aromatic rings. The predicted octanol–water partition coefficient (Wildman–Crippen LogP) is -2.22. The number of hydrogen-bond acceptors (Lipinski definition) is 10. The molecule has 144 valence electrons. The summed E-state index contributed by atoms with van der Waals surface area (Å²) >= 11 is 4.01. The summed E-state index contributed by atoms with van der Waals surface area (Å²) in [6.07, 6.45) is -6.35. The first-order valence-electron chi connectivity index (χ1n) is 7.88. The molecule has 0 bridgehead atoms. The SMILES string of the molecule is OC[C@H]1O[C@H](OCCOCCOCCOCCS)[C@@H](O)[C@@H](O)[C@@H]1O. The number of ether oxygens (including phenoxy) is 5. The molecule has 1 rings (SSSR count). The summed E-state index contributed by atoms with van der Waals surface area (Å²) in [4.78, 5) is 0. The van der Waals surface area contributed by atoms with E-state index in [2.05, 4.69) is 12.6 Å². The third kappa shape index (κ3) is 7.91. The lowest BCUT2D eigenvalue weighted by atomic mass is 9.99. The van der Waals surface area contributed by atoms with Crippen molar-refractivity contribution in [3.8, 4) is 0 Å². The maximum atomic E-state index is 9.76. The van der Waals surface area contributed by atoms with Crippen LogP contribution in [-0.2, 0) is 23.7 Å². The molecule has 1 aliphatic rings. The Morgan fingerprint density at radius 3 is 1.83 bits per heavy atom. The molecule has 0 aliphatic carbocycles. The van der Waals surface area contributed by atoms with Gasteiger partial charge >= 0.3 is 0 Å². The van der Waals surface area contributed by atoms with E-state index in [4.69, 9.17) is 28.8 Å². The van der Waals surface area contributed by atoms with E-state index in [1.54, 1.807) is 0 Å². The molecule has 0 aromatic heterocycles. The molecule has 10 heteroatoms. The van der Waals surface area contributed by atoms with Gasteiger partial charge in [0.05, 0.1) is 52.9 Å². The molecule has 1 saturated heterocycles. The van der Waals surface area contributed by atoms with Crippen molar-refractivity contribution in [2.75, 3.05) is 58.6 Å². The molecule has 5 atom stereocenters. The Morgan fingerprint density at radius 2 is 1.29 bits per heavy atom. The van der Waals surface area contributed by atoms with Crippen molar-refractivity contribution in [1.29, 1.82) is 0 Å². The van der Waals surface area contributed by atoms with Crippen molar-refractivity contribution in [2.45, 2.75) is 30.7 Å². The molecule has 0 spiro atoms. The van der Waals surface area contributed by atoms with Crippen LogP contribution >= 0.6 is 12.6 Å². The molecule has 1 heterocycles. The smallest absolute Gasteiger partial charge is 0.186 e. The van der Waals surface area contributed by atoms with Gasteiger partial charge in [-0.2, -0.15) is 12.6 Å². The third-order valence-electron chi connectivity index (χ3n) is 3.34. The Balaban J connectivity index is 2.02. The van der Waals surface area contributed by atoms with Gasteiger partial charge in [0.1, 0.15) is 24.4 Å². The minimum absolute atomic E-state index is 0.119. The highest BCUT2D eigenvalue weighted by Crippen LogP contribution is 2.21. The second-order valence-corrected chi connectivity index (χ2v) is 5.58. The van der Waals surface area contributed by atoms with E-state index in [-0.39, 0.29) is 13.2 Å². The van der Waals surface area contributed by atoms with Crippen LogP contribution in [0.3, 0.4) is 0 Å². The summed E-state index contributed by atoms with van der Waals surface area (Å²) in [7, 11) is 0. The van der Waals surface area contributed by atoms with Crippen molar-refractivity contribution < 1.29 is 44.1 Å². The van der Waals surface area contributed by atoms with E-state index >= 15 is 0 Å². The van der Waals surface area contributed by atoms with Gasteiger partial charge in [-0.25, -0.2) is 0 Å². The fourth-order valence-corrected chi connectivity index (χ4v) is 2.16. The lowest BCUT2D eigenvalue weighted by Crippen LogP contribution is -2.59. The largest absolute Gasteiger partial charge is 0.394 e. The third-order valence-corrected chi connectivity index (χ3v) is 3.52. The van der Waals surface area contributed by atoms with Gasteiger partial charge in [-0.3, -0.25) is 0 Å². The van der Waals surface area contributed by atoms with Crippen molar-refractivity contribution in [1.82, 2.24) is 0 Å². The van der Waals surface area contributed by atoms with Gasteiger partial charge in [0.15, 0.2) is 6.29 Å². The number of aliphatic hydroxyl groups excluding tert-OH is 4. The van der Waals surface area contributed by atoms with Gasteiger partial charge in [-0.05, 0) is 0 Å². The van der Waals surface area contributed by atoms with Gasteiger partial charge in [0.2, 0.25) is 0 Å². The molecule has 0 unspecified atom stereocenters. The van der Waals surface area contributed by atoms with Gasteiger partial charge < -0.3 is 44.1 Å². The van der Waals surface area contributed by atoms with Crippen LogP contribution in [0, 0.1) is 0 Å². The number of thiol groups is 1. The van der Waals surface area contributed by atoms with E-state index in [1.807, 2.05) is 0 Å². The topological polar surface area (TPSA) is 127 Å². The van der Waals surface area contributed by atoms with Crippen molar-refractivity contribution in [3.05, 3.63) is 0 Å². The van der Waals surface area contributed by atoms with Crippen LogP contribution in [0.25, 0.3) is 0 Å². The number of rotatable bonds is 13. The summed E-state index contributed by atoms with van der Waals surface area (Å²) in [5, 5.41) is 38.1. The van der Waals surface area contributed by atoms with Gasteiger partial charge in [0.25, 0.3) is 0 Å². The predicted molar refractivity (Wildman–Crippen MR) is 86.0 cm³/mol. The minimum atomic E-state index is -1.44. The maximum absolute atomic E-state index is 9.76. The van der Waals surface area contributed by atoms with Crippen molar-refractivity contribution >= 4 is 12.6 Å². The van der Waals surface area contributed by atoms with Gasteiger partial charge in [-0.1, -0.05) is 0 Å². The number of hydrogen-bond donors (Lipinski definition) is 5. The molecule has 0 saturated carbocycles. The summed E-state index contributed by atoms with van der Waals surface area (Å²) in [5.41, 5.74) is 0. The summed E-state index contributed by atoms with van der Waals surface area (Å²) < 4.78 is 26.2. The first-order chi connectivity index (χ1) is 11.6. The minimum Gasteiger partial charge on any atom is -0.394 e. The summed E-state index contributed by atoms with van der Waals surface area (Å²) in [6, 6.07) is 0. The lowest BCUT2D eigenvalue weighted by Gasteiger charge is -2.39. The summed E-state index contributed by atoms with van der Waals surface area (Å²) in [6.45, 7) is 2.27. The Labute approximate surface area is 146 Å². The van der Waals surface area contributed by atoms with E-state index in [0.717, 1.165) is 0 Å². The second kappa shape index (κ2) is 13.2. The quantitative estimate of drug-likeness (QED) is 0.180. The lowest BCUT2D eigenvalue weighted by molar-refractivity contribution is -0.302. The zero-order valence-corrected chi connectivity index (χ0v) is 14.4. The first kappa shape index (κ1) is 22.0. The standard InChI is InChI=1S/C14H28O9S/c15-9-10-11(16)12(17)13(18)14(23-10)22-6-5-20-2-1-19-3-4-21-7-8-24/h10-18,24H,1-9H2/t10-,11-,12+,13+,14+/m1/s1. The fraction of sp³-hybridized carbons (Fsp3) is 1.00. The monoisotopic (exact) mass is 372 g/mol. The molecule has 1 fully saturated rings. The van der Waals surface area contributed by atoms with E-state index in [0.29, 0.717) is 38.8 Å². The molecule has 1 aliphatic heterocycles. The van der Waals surface area contributed by atoms with Crippen molar-refractivity contribution in [3.63, 3.8) is 0 Å². The number of aliphatic hydroxyl groups is 4. The van der Waals surface area contributed by atoms with E-state index in [9.17, 15) is 15.3 Å². The van der Waals surface area contributed by atoms with Crippen molar-refractivity contribution in [2.24, 2.45) is 0 Å². The average molecular weight is 372 g/mol. The van der Waals surface area contributed by atoms with Crippen LogP contribution in [0.1, 0.15) is 0 Å². The van der Waals surface area contributed by atoms with Crippen LogP contribution < -0.4 is 0 Å². The zero-order valence-electron chi connectivity index (χ0n) is 13.5. The normalized spacial score (nSPS) is 30.6. The Hall–Kier alpha value is -0.0100. The molecule has 0 aromatic carbocycles. The molecule has 0 amide bonds. The molecule has 24 heavy (non-hydrogen) atoms.